The normalized spacial score (nSPS) is 23.8. The van der Waals surface area contributed by atoms with E-state index in [9.17, 15) is 24.8 Å². The number of nitro groups is 1. The maximum absolute atomic E-state index is 16.6. The van der Waals surface area contributed by atoms with Crippen molar-refractivity contribution in [1.82, 2.24) is 4.90 Å². The fraction of sp³-hybridized carbons (Fsp3) is 0.295. The number of benzene rings is 5. The summed E-state index contributed by atoms with van der Waals surface area (Å²) in [5.41, 5.74) is 2.68. The Morgan fingerprint density at radius 2 is 1.68 bits per heavy atom. The summed E-state index contributed by atoms with van der Waals surface area (Å²) in [6, 6.07) is 30.3. The van der Waals surface area contributed by atoms with Gasteiger partial charge in [0.2, 0.25) is 14.3 Å². The number of hydrogen-bond acceptors (Lipinski definition) is 7. The van der Waals surface area contributed by atoms with Crippen LogP contribution >= 0.6 is 0 Å². The van der Waals surface area contributed by atoms with Gasteiger partial charge >= 0.3 is 0 Å². The molecule has 5 aromatic rings. The third-order valence-electron chi connectivity index (χ3n) is 12.5. The maximum Gasteiger partial charge on any atom is 0.269 e. The van der Waals surface area contributed by atoms with E-state index in [0.29, 0.717) is 23.4 Å². The summed E-state index contributed by atoms with van der Waals surface area (Å²) in [5, 5.41) is 24.3. The molecule has 4 aliphatic rings. The van der Waals surface area contributed by atoms with Crippen molar-refractivity contribution in [3.8, 4) is 0 Å². The first-order chi connectivity index (χ1) is 27.3. The van der Waals surface area contributed by atoms with Gasteiger partial charge in [-0.3, -0.25) is 29.4 Å². The van der Waals surface area contributed by atoms with Crippen LogP contribution in [0.15, 0.2) is 103 Å². The lowest BCUT2D eigenvalue weighted by Gasteiger charge is -2.37. The number of nitro benzene ring substituents is 1. The predicted molar refractivity (Wildman–Crippen MR) is 215 cm³/mol. The van der Waals surface area contributed by atoms with E-state index in [1.165, 1.54) is 23.1 Å². The van der Waals surface area contributed by atoms with E-state index in [0.717, 1.165) is 33.2 Å². The lowest BCUT2D eigenvalue weighted by molar-refractivity contribution is -0.385. The predicted octanol–water partition coefficient (Wildman–Crippen LogP) is 7.70. The van der Waals surface area contributed by atoms with Gasteiger partial charge in [-0.1, -0.05) is 67.6 Å². The van der Waals surface area contributed by atoms with E-state index < -0.39 is 48.4 Å². The zero-order valence-corrected chi connectivity index (χ0v) is 32.7. The molecule has 1 N–H and O–H groups in total. The van der Waals surface area contributed by atoms with Crippen LogP contribution in [0.25, 0.3) is 10.8 Å². The van der Waals surface area contributed by atoms with Crippen molar-refractivity contribution in [2.75, 3.05) is 16.4 Å². The number of halogens is 1. The average Bonchev–Trinajstić information content (AvgIpc) is 3.75. The molecule has 9 rings (SSSR count). The van der Waals surface area contributed by atoms with E-state index in [4.69, 9.17) is 4.74 Å². The van der Waals surface area contributed by atoms with Gasteiger partial charge in [-0.2, -0.15) is 0 Å². The zero-order chi connectivity index (χ0) is 40.0. The number of hydrogen-bond donors (Lipinski definition) is 1. The summed E-state index contributed by atoms with van der Waals surface area (Å²) in [6.07, 6.45) is -0.750. The quantitative estimate of drug-likeness (QED) is 0.0738. The summed E-state index contributed by atoms with van der Waals surface area (Å²) in [5.74, 6) is -1.71. The molecule has 290 valence electrons. The van der Waals surface area contributed by atoms with Crippen LogP contribution in [0, 0.1) is 16.0 Å². The van der Waals surface area contributed by atoms with Gasteiger partial charge in [0.05, 0.1) is 53.6 Å². The third kappa shape index (κ3) is 5.70. The van der Waals surface area contributed by atoms with E-state index in [-0.39, 0.29) is 49.2 Å². The first-order valence-electron chi connectivity index (χ1n) is 19.2. The molecule has 0 saturated carbocycles. The highest BCUT2D eigenvalue weighted by Crippen LogP contribution is 2.61. The molecular formula is C44H41FN4O7Si. The number of fused-ring (bicyclic) bond motifs is 3. The zero-order valence-electron chi connectivity index (χ0n) is 31.7. The van der Waals surface area contributed by atoms with Gasteiger partial charge in [-0.15, -0.1) is 0 Å². The highest BCUT2D eigenvalue weighted by atomic mass is 28.4. The Labute approximate surface area is 329 Å². The Kier molecular flexibility index (Phi) is 8.68. The second kappa shape index (κ2) is 13.4. The molecular weight excluding hydrogens is 744 g/mol. The number of rotatable bonds is 8. The number of aliphatic hydroxyl groups is 1. The molecule has 5 aromatic carbocycles. The van der Waals surface area contributed by atoms with Crippen molar-refractivity contribution in [3.05, 3.63) is 141 Å². The van der Waals surface area contributed by atoms with Crippen molar-refractivity contribution < 1.29 is 33.3 Å². The number of non-ortho nitro benzene ring substituents is 1. The van der Waals surface area contributed by atoms with Gasteiger partial charge in [-0.25, -0.2) is 0 Å². The minimum absolute atomic E-state index is 0.0710. The minimum atomic E-state index is -3.67. The van der Waals surface area contributed by atoms with Crippen LogP contribution in [-0.4, -0.2) is 59.8 Å². The maximum atomic E-state index is 16.6. The molecule has 1 saturated heterocycles. The van der Waals surface area contributed by atoms with Crippen LogP contribution in [0.3, 0.4) is 0 Å². The largest absolute Gasteiger partial charge is 0.394 e. The Balaban J connectivity index is 1.04. The third-order valence-corrected chi connectivity index (χ3v) is 15.0. The van der Waals surface area contributed by atoms with Crippen LogP contribution in [0.1, 0.15) is 46.0 Å². The number of carbonyl (C=O) groups is 3. The number of anilines is 3. The first-order valence-corrected chi connectivity index (χ1v) is 22.2. The molecule has 0 radical (unpaired) electrons. The Morgan fingerprint density at radius 1 is 0.965 bits per heavy atom. The van der Waals surface area contributed by atoms with Crippen molar-refractivity contribution in [1.29, 1.82) is 0 Å². The van der Waals surface area contributed by atoms with Gasteiger partial charge in [0.15, 0.2) is 5.60 Å². The molecule has 57 heavy (non-hydrogen) atoms. The van der Waals surface area contributed by atoms with E-state index >= 15 is 8.90 Å². The number of amides is 3. The summed E-state index contributed by atoms with van der Waals surface area (Å²) >= 11 is 0. The number of carbonyl (C=O) groups excluding carboxylic acids is 3. The van der Waals surface area contributed by atoms with Crippen molar-refractivity contribution >= 4 is 59.7 Å². The van der Waals surface area contributed by atoms with Crippen LogP contribution in [0.2, 0.25) is 18.6 Å². The number of ether oxygens (including phenoxy) is 1. The molecule has 1 spiro atoms. The molecule has 0 aliphatic carbocycles. The van der Waals surface area contributed by atoms with Gasteiger partial charge in [0.25, 0.3) is 17.5 Å². The lowest BCUT2D eigenvalue weighted by atomic mass is 9.82. The minimum Gasteiger partial charge on any atom is -0.394 e. The van der Waals surface area contributed by atoms with E-state index in [1.807, 2.05) is 84.9 Å². The SMILES string of the molecule is C[C@H]1[C@H]([Si](C)(C)F)[C@@H](CC(=O)N2Cc3ccccc3C[C@H]2CO)O[C@]12C(=O)N(Cc1ccc(N3C(=O)c4cccc5cccc3c45)cc1)c1ccc([N+](=O)[O-])cc12. The molecule has 3 amide bonds. The van der Waals surface area contributed by atoms with Crippen molar-refractivity contribution in [2.45, 2.75) is 69.2 Å². The van der Waals surface area contributed by atoms with Crippen LogP contribution in [0.5, 0.6) is 0 Å². The second-order valence-corrected chi connectivity index (χ2v) is 19.9. The van der Waals surface area contributed by atoms with Crippen molar-refractivity contribution in [2.24, 2.45) is 5.92 Å². The van der Waals surface area contributed by atoms with Crippen LogP contribution < -0.4 is 9.80 Å². The molecule has 1 fully saturated rings. The molecule has 5 atom stereocenters. The summed E-state index contributed by atoms with van der Waals surface area (Å²) in [7, 11) is -3.67. The highest BCUT2D eigenvalue weighted by Gasteiger charge is 2.67. The van der Waals surface area contributed by atoms with Gasteiger partial charge < -0.3 is 23.8 Å². The fourth-order valence-electron chi connectivity index (χ4n) is 9.94. The highest BCUT2D eigenvalue weighted by molar-refractivity contribution is 6.72. The molecule has 4 heterocycles. The molecule has 0 bridgehead atoms. The summed E-state index contributed by atoms with van der Waals surface area (Å²) in [4.78, 5) is 59.2. The van der Waals surface area contributed by atoms with E-state index in [2.05, 4.69) is 0 Å². The number of aliphatic hydroxyl groups excluding tert-OH is 1. The first kappa shape index (κ1) is 36.9. The summed E-state index contributed by atoms with van der Waals surface area (Å²) < 4.78 is 23.4. The topological polar surface area (TPSA) is 134 Å². The molecule has 4 aliphatic heterocycles. The van der Waals surface area contributed by atoms with Crippen LogP contribution in [0.4, 0.5) is 26.9 Å². The smallest absolute Gasteiger partial charge is 0.269 e. The Bertz CT molecular complexity index is 2500. The van der Waals surface area contributed by atoms with E-state index in [1.54, 1.807) is 29.8 Å². The molecule has 0 unspecified atom stereocenters. The standard InChI is InChI=1S/C44H41FN4O7Si/c1-26-41(57(2,3)45)38(22-39(51)46-24-30-9-5-4-8-29(30)20-33(46)25-50)56-44(26)35-21-32(49(54)55)18-19-36(35)47(43(44)53)23-27-14-16-31(17-15-27)48-37-13-7-11-28-10-6-12-34(40(28)37)42(48)52/h4-19,21,26,33,38,41,50H,20,22-25H2,1-3H3/t26-,33-,38+,41-,44+/m0/s1. The van der Waals surface area contributed by atoms with Crippen LogP contribution in [-0.2, 0) is 39.4 Å². The van der Waals surface area contributed by atoms with Crippen molar-refractivity contribution in [3.63, 3.8) is 0 Å². The monoisotopic (exact) mass is 784 g/mol. The molecule has 13 heteroatoms. The fourth-order valence-corrected chi connectivity index (χ4v) is 12.4. The second-order valence-electron chi connectivity index (χ2n) is 16.1. The molecule has 0 aromatic heterocycles. The lowest BCUT2D eigenvalue weighted by Crippen LogP contribution is -2.48. The van der Waals surface area contributed by atoms with Gasteiger partial charge in [-0.05, 0) is 71.9 Å². The summed E-state index contributed by atoms with van der Waals surface area (Å²) in [6.45, 7) is 4.94. The van der Waals surface area contributed by atoms with Gasteiger partial charge in [0, 0.05) is 46.8 Å². The number of nitrogens with zero attached hydrogens (tertiary/aromatic N) is 4. The Hall–Kier alpha value is -5.76. The van der Waals surface area contributed by atoms with Gasteiger partial charge in [0.1, 0.15) is 0 Å². The Morgan fingerprint density at radius 3 is 2.39 bits per heavy atom. The molecule has 11 nitrogen and oxygen atoms in total. The average molecular weight is 785 g/mol.